The molecule has 4 heteroatoms. The van der Waals surface area contributed by atoms with Gasteiger partial charge >= 0.3 is 0 Å². The molecule has 2 heterocycles. The predicted molar refractivity (Wildman–Crippen MR) is 107 cm³/mol. The Morgan fingerprint density at radius 3 is 2.48 bits per heavy atom. The number of fused-ring (bicyclic) bond motifs is 2. The molecular weight excluding hydrogens is 326 g/mol. The summed E-state index contributed by atoms with van der Waals surface area (Å²) in [6, 6.07) is 15.5. The molecule has 0 aliphatic carbocycles. The highest BCUT2D eigenvalue weighted by Gasteiger charge is 2.24. The van der Waals surface area contributed by atoms with Gasteiger partial charge in [-0.3, -0.25) is 0 Å². The summed E-state index contributed by atoms with van der Waals surface area (Å²) in [6.45, 7) is 9.33. The van der Waals surface area contributed by atoms with E-state index in [0.717, 1.165) is 6.54 Å². The summed E-state index contributed by atoms with van der Waals surface area (Å²) >= 11 is 1.90. The molecule has 2 aromatic carbocycles. The summed E-state index contributed by atoms with van der Waals surface area (Å²) in [7, 11) is 2.22. The van der Waals surface area contributed by atoms with Gasteiger partial charge in [0, 0.05) is 42.5 Å². The van der Waals surface area contributed by atoms with E-state index in [4.69, 9.17) is 0 Å². The Labute approximate surface area is 155 Å². The van der Waals surface area contributed by atoms with Crippen LogP contribution in [0.1, 0.15) is 12.0 Å². The molecule has 0 spiro atoms. The normalized spacial score (nSPS) is 18.1. The Bertz CT molecular complexity index is 738. The first kappa shape index (κ1) is 17.0. The maximum Gasteiger partial charge on any atom is 0.0582 e. The van der Waals surface area contributed by atoms with E-state index < -0.39 is 0 Å². The fourth-order valence-electron chi connectivity index (χ4n) is 3.82. The minimum atomic E-state index is 1.09. The summed E-state index contributed by atoms with van der Waals surface area (Å²) in [5.41, 5.74) is 4.15. The van der Waals surface area contributed by atoms with E-state index in [1.807, 2.05) is 11.8 Å². The smallest absolute Gasteiger partial charge is 0.0582 e. The van der Waals surface area contributed by atoms with Crippen molar-refractivity contribution in [3.63, 3.8) is 0 Å². The number of hydrogen-bond acceptors (Lipinski definition) is 4. The lowest BCUT2D eigenvalue weighted by Crippen LogP contribution is -2.45. The van der Waals surface area contributed by atoms with Gasteiger partial charge in [0.25, 0.3) is 0 Å². The molecule has 0 saturated carbocycles. The van der Waals surface area contributed by atoms with Crippen LogP contribution in [0.5, 0.6) is 0 Å². The summed E-state index contributed by atoms with van der Waals surface area (Å²) in [6.07, 6.45) is 1.20. The molecule has 0 aromatic heterocycles. The van der Waals surface area contributed by atoms with Gasteiger partial charge in [-0.05, 0) is 50.7 Å². The maximum atomic E-state index is 2.61. The molecule has 2 aliphatic rings. The molecule has 0 amide bonds. The van der Waals surface area contributed by atoms with Gasteiger partial charge < -0.3 is 14.7 Å². The molecule has 3 nitrogen and oxygen atoms in total. The van der Waals surface area contributed by atoms with E-state index in [1.165, 1.54) is 65.9 Å². The Morgan fingerprint density at radius 1 is 0.880 bits per heavy atom. The quantitative estimate of drug-likeness (QED) is 0.813. The van der Waals surface area contributed by atoms with Crippen LogP contribution in [0.25, 0.3) is 0 Å². The lowest BCUT2D eigenvalue weighted by Gasteiger charge is -2.36. The van der Waals surface area contributed by atoms with E-state index >= 15 is 0 Å². The second-order valence-corrected chi connectivity index (χ2v) is 8.23. The minimum absolute atomic E-state index is 1.09. The Morgan fingerprint density at radius 2 is 1.64 bits per heavy atom. The van der Waals surface area contributed by atoms with Crippen molar-refractivity contribution in [3.05, 3.63) is 48.0 Å². The molecule has 25 heavy (non-hydrogen) atoms. The highest BCUT2D eigenvalue weighted by atomic mass is 32.2. The average Bonchev–Trinajstić information content (AvgIpc) is 2.63. The lowest BCUT2D eigenvalue weighted by atomic mass is 10.1. The van der Waals surface area contributed by atoms with Gasteiger partial charge in [-0.15, -0.1) is 0 Å². The van der Waals surface area contributed by atoms with E-state index in [1.54, 1.807) is 0 Å². The first-order chi connectivity index (χ1) is 12.2. The number of nitrogens with zero attached hydrogens (tertiary/aromatic N) is 3. The van der Waals surface area contributed by atoms with Crippen molar-refractivity contribution in [3.8, 4) is 0 Å². The van der Waals surface area contributed by atoms with Gasteiger partial charge in [0.15, 0.2) is 0 Å². The van der Waals surface area contributed by atoms with Gasteiger partial charge in [-0.1, -0.05) is 36.0 Å². The molecule has 132 valence electrons. The third-order valence-electron chi connectivity index (χ3n) is 5.30. The second kappa shape index (κ2) is 7.40. The van der Waals surface area contributed by atoms with Crippen molar-refractivity contribution < 1.29 is 0 Å². The molecule has 0 N–H and O–H groups in total. The van der Waals surface area contributed by atoms with E-state index in [9.17, 15) is 0 Å². The topological polar surface area (TPSA) is 9.72 Å². The van der Waals surface area contributed by atoms with Gasteiger partial charge in [-0.25, -0.2) is 0 Å². The lowest BCUT2D eigenvalue weighted by molar-refractivity contribution is 0.153. The largest absolute Gasteiger partial charge is 0.339 e. The Kier molecular flexibility index (Phi) is 5.02. The number of likely N-dealkylation sites (N-methyl/N-ethyl adjacent to an activating group) is 1. The molecule has 0 bridgehead atoms. The Hall–Kier alpha value is -1.49. The van der Waals surface area contributed by atoms with Crippen LogP contribution in [0, 0.1) is 6.92 Å². The van der Waals surface area contributed by atoms with Crippen molar-refractivity contribution >= 4 is 23.1 Å². The van der Waals surface area contributed by atoms with E-state index in [0.29, 0.717) is 0 Å². The molecule has 2 aliphatic heterocycles. The first-order valence-electron chi connectivity index (χ1n) is 9.27. The van der Waals surface area contributed by atoms with Crippen molar-refractivity contribution in [1.82, 2.24) is 9.80 Å². The summed E-state index contributed by atoms with van der Waals surface area (Å²) < 4.78 is 0. The summed E-state index contributed by atoms with van der Waals surface area (Å²) in [5.74, 6) is 0. The SMILES string of the molecule is Cc1cccc2c1N(CCCN1CCN(C)CC1)c1ccccc1S2. The number of piperazine rings is 1. The van der Waals surface area contributed by atoms with Crippen LogP contribution in [-0.2, 0) is 0 Å². The van der Waals surface area contributed by atoms with Gasteiger partial charge in [0.05, 0.1) is 11.4 Å². The number of aryl methyl sites for hydroxylation is 1. The van der Waals surface area contributed by atoms with Crippen molar-refractivity contribution in [2.75, 3.05) is 51.2 Å². The zero-order valence-corrected chi connectivity index (χ0v) is 16.1. The van der Waals surface area contributed by atoms with Crippen LogP contribution in [0.15, 0.2) is 52.3 Å². The number of hydrogen-bond donors (Lipinski definition) is 0. The van der Waals surface area contributed by atoms with E-state index in [2.05, 4.69) is 71.1 Å². The molecule has 0 unspecified atom stereocenters. The van der Waals surface area contributed by atoms with Crippen LogP contribution >= 0.6 is 11.8 Å². The number of para-hydroxylation sites is 2. The van der Waals surface area contributed by atoms with Gasteiger partial charge in [0.2, 0.25) is 0 Å². The molecule has 1 saturated heterocycles. The Balaban J connectivity index is 1.51. The predicted octanol–water partition coefficient (Wildman–Crippen LogP) is 4.24. The van der Waals surface area contributed by atoms with Crippen LogP contribution in [-0.4, -0.2) is 56.1 Å². The van der Waals surface area contributed by atoms with Gasteiger partial charge in [-0.2, -0.15) is 0 Å². The number of rotatable bonds is 4. The molecule has 0 atom stereocenters. The van der Waals surface area contributed by atoms with Crippen LogP contribution in [0.3, 0.4) is 0 Å². The monoisotopic (exact) mass is 353 g/mol. The zero-order valence-electron chi connectivity index (χ0n) is 15.2. The van der Waals surface area contributed by atoms with Crippen LogP contribution in [0.4, 0.5) is 11.4 Å². The summed E-state index contributed by atoms with van der Waals surface area (Å²) in [5, 5.41) is 0. The fraction of sp³-hybridized carbons (Fsp3) is 0.429. The molecule has 2 aromatic rings. The number of benzene rings is 2. The highest BCUT2D eigenvalue weighted by Crippen LogP contribution is 2.49. The molecule has 4 rings (SSSR count). The molecular formula is C21H27N3S. The van der Waals surface area contributed by atoms with Crippen LogP contribution < -0.4 is 4.90 Å². The van der Waals surface area contributed by atoms with Crippen molar-refractivity contribution in [2.24, 2.45) is 0 Å². The first-order valence-corrected chi connectivity index (χ1v) is 10.1. The summed E-state index contributed by atoms with van der Waals surface area (Å²) in [4.78, 5) is 10.3. The van der Waals surface area contributed by atoms with Crippen molar-refractivity contribution in [1.29, 1.82) is 0 Å². The maximum absolute atomic E-state index is 2.61. The average molecular weight is 354 g/mol. The standard InChI is InChI=1S/C21H27N3S/c1-17-7-5-10-20-21(17)24(18-8-3-4-9-19(18)25-20)12-6-11-23-15-13-22(2)14-16-23/h3-5,7-10H,6,11-16H2,1-2H3. The van der Waals surface area contributed by atoms with Crippen LogP contribution in [0.2, 0.25) is 0 Å². The molecule has 1 fully saturated rings. The van der Waals surface area contributed by atoms with Crippen molar-refractivity contribution in [2.45, 2.75) is 23.1 Å². The third kappa shape index (κ3) is 3.57. The second-order valence-electron chi connectivity index (χ2n) is 7.14. The van der Waals surface area contributed by atoms with Gasteiger partial charge in [0.1, 0.15) is 0 Å². The fourth-order valence-corrected chi connectivity index (χ4v) is 5.00. The number of anilines is 2. The van der Waals surface area contributed by atoms with E-state index in [-0.39, 0.29) is 0 Å². The third-order valence-corrected chi connectivity index (χ3v) is 6.41. The zero-order chi connectivity index (χ0) is 17.2. The minimum Gasteiger partial charge on any atom is -0.339 e. The molecule has 0 radical (unpaired) electrons. The highest BCUT2D eigenvalue weighted by molar-refractivity contribution is 7.99.